The molecule has 0 spiro atoms. The van der Waals surface area contributed by atoms with Crippen LogP contribution in [0.5, 0.6) is 0 Å². The first-order chi connectivity index (χ1) is 12.1. The number of amides is 1. The Morgan fingerprint density at radius 1 is 1.28 bits per heavy atom. The van der Waals surface area contributed by atoms with Crippen molar-refractivity contribution < 1.29 is 14.0 Å². The lowest BCUT2D eigenvalue weighted by atomic mass is 10.2. The van der Waals surface area contributed by atoms with Crippen molar-refractivity contribution in [2.24, 2.45) is 0 Å². The molecule has 0 N–H and O–H groups in total. The molecule has 1 aliphatic heterocycles. The Kier molecular flexibility index (Phi) is 6.04. The van der Waals surface area contributed by atoms with Crippen LogP contribution in [0.1, 0.15) is 21.3 Å². The van der Waals surface area contributed by atoms with Crippen LogP contribution in [0, 0.1) is 5.82 Å². The Balaban J connectivity index is 1.62. The van der Waals surface area contributed by atoms with E-state index in [2.05, 4.69) is 0 Å². The number of benzene rings is 2. The number of carbonyl (C=O) groups is 2. The fourth-order valence-corrected chi connectivity index (χ4v) is 4.71. The van der Waals surface area contributed by atoms with E-state index in [-0.39, 0.29) is 21.4 Å². The van der Waals surface area contributed by atoms with Gasteiger partial charge in [0.15, 0.2) is 0 Å². The second-order valence-electron chi connectivity index (χ2n) is 5.43. The minimum absolute atomic E-state index is 0.0127. The molecule has 0 radical (unpaired) electrons. The zero-order chi connectivity index (χ0) is 17.8. The molecule has 1 atom stereocenters. The van der Waals surface area contributed by atoms with Crippen molar-refractivity contribution in [3.63, 3.8) is 0 Å². The fourth-order valence-electron chi connectivity index (χ4n) is 2.53. The van der Waals surface area contributed by atoms with Crippen molar-refractivity contribution in [2.75, 3.05) is 18.1 Å². The topological polar surface area (TPSA) is 37.4 Å². The molecule has 25 heavy (non-hydrogen) atoms. The van der Waals surface area contributed by atoms with Gasteiger partial charge in [-0.1, -0.05) is 59.8 Å². The Labute approximate surface area is 158 Å². The van der Waals surface area contributed by atoms with Crippen LogP contribution in [0.3, 0.4) is 0 Å². The first-order valence-corrected chi connectivity index (χ1v) is 10.1. The molecule has 3 nitrogen and oxygen atoms in total. The number of thioether (sulfide) groups is 2. The third kappa shape index (κ3) is 4.37. The van der Waals surface area contributed by atoms with Gasteiger partial charge in [0.2, 0.25) is 11.0 Å². The average molecular weight is 396 g/mol. The summed E-state index contributed by atoms with van der Waals surface area (Å²) in [6.07, 6.45) is 0. The number of halogens is 2. The van der Waals surface area contributed by atoms with Gasteiger partial charge in [-0.05, 0) is 17.7 Å². The van der Waals surface area contributed by atoms with E-state index < -0.39 is 5.82 Å². The van der Waals surface area contributed by atoms with Crippen LogP contribution >= 0.6 is 35.1 Å². The Morgan fingerprint density at radius 3 is 2.76 bits per heavy atom. The zero-order valence-electron chi connectivity index (χ0n) is 13.2. The summed E-state index contributed by atoms with van der Waals surface area (Å²) in [7, 11) is 0. The van der Waals surface area contributed by atoms with Crippen LogP contribution in [-0.4, -0.2) is 34.0 Å². The lowest BCUT2D eigenvalue weighted by Gasteiger charge is -2.24. The van der Waals surface area contributed by atoms with E-state index in [1.807, 2.05) is 18.2 Å². The minimum Gasteiger partial charge on any atom is -0.325 e. The highest BCUT2D eigenvalue weighted by Crippen LogP contribution is 2.39. The highest BCUT2D eigenvalue weighted by atomic mass is 35.5. The molecule has 1 aliphatic rings. The average Bonchev–Trinajstić information content (AvgIpc) is 2.99. The van der Waals surface area contributed by atoms with Gasteiger partial charge in [-0.15, -0.1) is 11.8 Å². The van der Waals surface area contributed by atoms with E-state index in [4.69, 9.17) is 11.6 Å². The molecular formula is C18H15ClFNO2S2. The van der Waals surface area contributed by atoms with Gasteiger partial charge in [-0.2, -0.15) is 0 Å². The van der Waals surface area contributed by atoms with Crippen LogP contribution in [-0.2, 0) is 4.79 Å². The molecule has 0 aliphatic carbocycles. The molecule has 0 aromatic heterocycles. The van der Waals surface area contributed by atoms with Crippen LogP contribution in [0.4, 0.5) is 4.39 Å². The number of carbonyl (C=O) groups excluding carboxylic acids is 2. The molecule has 2 aromatic carbocycles. The SMILES string of the molecule is O=C(SCCN1C(=O)CSC1c1ccc(F)c(Cl)c1)c1ccccc1. The minimum atomic E-state index is -0.477. The van der Waals surface area contributed by atoms with Crippen molar-refractivity contribution in [3.05, 3.63) is 70.5 Å². The molecule has 1 unspecified atom stereocenters. The molecule has 1 saturated heterocycles. The normalized spacial score (nSPS) is 17.1. The van der Waals surface area contributed by atoms with Crippen molar-refractivity contribution in [3.8, 4) is 0 Å². The summed E-state index contributed by atoms with van der Waals surface area (Å²) in [5, 5.41) is -0.162. The third-order valence-electron chi connectivity index (χ3n) is 3.77. The van der Waals surface area contributed by atoms with Crippen molar-refractivity contribution >= 4 is 46.1 Å². The van der Waals surface area contributed by atoms with Crippen molar-refractivity contribution in [2.45, 2.75) is 5.37 Å². The number of nitrogens with zero attached hydrogens (tertiary/aromatic N) is 1. The molecule has 7 heteroatoms. The summed E-state index contributed by atoms with van der Waals surface area (Å²) in [6.45, 7) is 0.453. The summed E-state index contributed by atoms with van der Waals surface area (Å²) < 4.78 is 13.4. The maximum atomic E-state index is 13.4. The van der Waals surface area contributed by atoms with Gasteiger partial charge in [0, 0.05) is 17.9 Å². The van der Waals surface area contributed by atoms with Gasteiger partial charge in [0.05, 0.1) is 10.8 Å². The summed E-state index contributed by atoms with van der Waals surface area (Å²) in [5.74, 6) is 0.418. The predicted octanol–water partition coefficient (Wildman–Crippen LogP) is 4.63. The molecule has 0 bridgehead atoms. The monoisotopic (exact) mass is 395 g/mol. The van der Waals surface area contributed by atoms with E-state index >= 15 is 0 Å². The molecular weight excluding hydrogens is 381 g/mol. The summed E-state index contributed by atoms with van der Waals surface area (Å²) in [6, 6.07) is 13.6. The highest BCUT2D eigenvalue weighted by molar-refractivity contribution is 8.14. The highest BCUT2D eigenvalue weighted by Gasteiger charge is 2.32. The Hall–Kier alpha value is -1.50. The van der Waals surface area contributed by atoms with Gasteiger partial charge in [-0.3, -0.25) is 9.59 Å². The van der Waals surface area contributed by atoms with Crippen molar-refractivity contribution in [1.29, 1.82) is 0 Å². The van der Waals surface area contributed by atoms with Gasteiger partial charge < -0.3 is 4.90 Å². The number of hydrogen-bond acceptors (Lipinski definition) is 4. The van der Waals surface area contributed by atoms with Gasteiger partial charge in [0.25, 0.3) is 0 Å². The maximum absolute atomic E-state index is 13.4. The molecule has 3 rings (SSSR count). The van der Waals surface area contributed by atoms with E-state index in [1.165, 1.54) is 29.6 Å². The number of rotatable bonds is 5. The van der Waals surface area contributed by atoms with Gasteiger partial charge >= 0.3 is 0 Å². The summed E-state index contributed by atoms with van der Waals surface area (Å²) in [5.41, 5.74) is 1.44. The summed E-state index contributed by atoms with van der Waals surface area (Å²) >= 11 is 8.53. The predicted molar refractivity (Wildman–Crippen MR) is 102 cm³/mol. The first-order valence-electron chi connectivity index (χ1n) is 7.64. The third-order valence-corrected chi connectivity index (χ3v) is 6.20. The smallest absolute Gasteiger partial charge is 0.233 e. The number of hydrogen-bond donors (Lipinski definition) is 0. The second kappa shape index (κ2) is 8.25. The Morgan fingerprint density at radius 2 is 2.04 bits per heavy atom. The van der Waals surface area contributed by atoms with E-state index in [0.29, 0.717) is 23.6 Å². The lowest BCUT2D eigenvalue weighted by molar-refractivity contribution is -0.127. The van der Waals surface area contributed by atoms with E-state index in [1.54, 1.807) is 29.2 Å². The van der Waals surface area contributed by atoms with Gasteiger partial charge in [-0.25, -0.2) is 4.39 Å². The van der Waals surface area contributed by atoms with Gasteiger partial charge in [0.1, 0.15) is 11.2 Å². The molecule has 2 aromatic rings. The fraction of sp³-hybridized carbons (Fsp3) is 0.222. The quantitative estimate of drug-likeness (QED) is 0.739. The molecule has 1 heterocycles. The molecule has 1 amide bonds. The lowest BCUT2D eigenvalue weighted by Crippen LogP contribution is -2.30. The molecule has 0 saturated carbocycles. The second-order valence-corrected chi connectivity index (χ2v) is 7.97. The van der Waals surface area contributed by atoms with E-state index in [0.717, 1.165) is 5.56 Å². The van der Waals surface area contributed by atoms with Crippen LogP contribution in [0.15, 0.2) is 48.5 Å². The van der Waals surface area contributed by atoms with E-state index in [9.17, 15) is 14.0 Å². The Bertz CT molecular complexity index is 788. The summed E-state index contributed by atoms with van der Waals surface area (Å²) in [4.78, 5) is 26.0. The maximum Gasteiger partial charge on any atom is 0.233 e. The van der Waals surface area contributed by atoms with Crippen LogP contribution in [0.25, 0.3) is 0 Å². The zero-order valence-corrected chi connectivity index (χ0v) is 15.5. The van der Waals surface area contributed by atoms with Crippen LogP contribution < -0.4 is 0 Å². The molecule has 1 fully saturated rings. The standard InChI is InChI=1S/C18H15ClFNO2S2/c19-14-10-13(6-7-15(14)20)17-21(16(22)11-25-17)8-9-24-18(23)12-4-2-1-3-5-12/h1-7,10,17H,8-9,11H2. The first kappa shape index (κ1) is 18.3. The van der Waals surface area contributed by atoms with Crippen molar-refractivity contribution in [1.82, 2.24) is 4.90 Å². The largest absolute Gasteiger partial charge is 0.325 e. The molecule has 130 valence electrons. The van der Waals surface area contributed by atoms with Crippen LogP contribution in [0.2, 0.25) is 5.02 Å².